The first kappa shape index (κ1) is 15.1. The minimum Gasteiger partial charge on any atom is -0.444 e. The molecule has 4 nitrogen and oxygen atoms in total. The molecule has 1 aromatic carbocycles. The molecule has 0 aliphatic rings. The van der Waals surface area contributed by atoms with Crippen molar-refractivity contribution in [1.29, 1.82) is 0 Å². The van der Waals surface area contributed by atoms with Gasteiger partial charge in [-0.1, -0.05) is 11.6 Å². The van der Waals surface area contributed by atoms with Crippen molar-refractivity contribution >= 4 is 50.2 Å². The van der Waals surface area contributed by atoms with Crippen LogP contribution in [-0.2, 0) is 4.74 Å². The quantitative estimate of drug-likeness (QED) is 0.781. The molecule has 1 heterocycles. The van der Waals surface area contributed by atoms with E-state index < -0.39 is 11.7 Å². The number of fused-ring (bicyclic) bond motifs is 1. The van der Waals surface area contributed by atoms with Crippen LogP contribution in [0, 0.1) is 0 Å². The predicted octanol–water partition coefficient (Wildman–Crippen LogP) is 5.00. The second-order valence-corrected chi connectivity index (χ2v) is 6.51. The maximum Gasteiger partial charge on any atom is 0.412 e. The van der Waals surface area contributed by atoms with E-state index in [0.717, 1.165) is 10.9 Å². The molecule has 0 aliphatic heterocycles. The molecule has 1 aromatic heterocycles. The Kier molecular flexibility index (Phi) is 4.20. The third kappa shape index (κ3) is 3.61. The third-order valence-corrected chi connectivity index (χ3v) is 3.64. The molecule has 0 aliphatic carbocycles. The van der Waals surface area contributed by atoms with Crippen LogP contribution in [-0.4, -0.2) is 16.7 Å². The second-order valence-electron chi connectivity index (χ2n) is 5.28. The van der Waals surface area contributed by atoms with Gasteiger partial charge in [-0.3, -0.25) is 10.3 Å². The zero-order chi connectivity index (χ0) is 14.9. The van der Waals surface area contributed by atoms with Gasteiger partial charge in [0.25, 0.3) is 0 Å². The monoisotopic (exact) mass is 356 g/mol. The van der Waals surface area contributed by atoms with Crippen LogP contribution in [0.25, 0.3) is 10.9 Å². The summed E-state index contributed by atoms with van der Waals surface area (Å²) in [7, 11) is 0. The van der Waals surface area contributed by atoms with E-state index in [1.807, 2.05) is 20.8 Å². The van der Waals surface area contributed by atoms with Crippen molar-refractivity contribution in [3.63, 3.8) is 0 Å². The number of nitrogens with one attached hydrogen (secondary N) is 1. The van der Waals surface area contributed by atoms with E-state index >= 15 is 0 Å². The van der Waals surface area contributed by atoms with Gasteiger partial charge in [-0.05, 0) is 54.9 Å². The van der Waals surface area contributed by atoms with E-state index in [2.05, 4.69) is 26.2 Å². The van der Waals surface area contributed by atoms with Gasteiger partial charge in [-0.15, -0.1) is 0 Å². The van der Waals surface area contributed by atoms with Crippen molar-refractivity contribution in [1.82, 2.24) is 4.98 Å². The lowest BCUT2D eigenvalue weighted by Crippen LogP contribution is -2.27. The fourth-order valence-electron chi connectivity index (χ4n) is 1.64. The van der Waals surface area contributed by atoms with E-state index in [-0.39, 0.29) is 0 Å². The predicted molar refractivity (Wildman–Crippen MR) is 84.3 cm³/mol. The lowest BCUT2D eigenvalue weighted by Gasteiger charge is -2.19. The van der Waals surface area contributed by atoms with Gasteiger partial charge in [-0.25, -0.2) is 4.79 Å². The summed E-state index contributed by atoms with van der Waals surface area (Å²) < 4.78 is 5.91. The number of hydrogen-bond acceptors (Lipinski definition) is 3. The number of carbonyl (C=O) groups excluding carboxylic acids is 1. The molecule has 20 heavy (non-hydrogen) atoms. The zero-order valence-corrected chi connectivity index (χ0v) is 13.7. The Bertz CT molecular complexity index is 668. The van der Waals surface area contributed by atoms with Crippen LogP contribution in [0.4, 0.5) is 10.5 Å². The van der Waals surface area contributed by atoms with Crippen molar-refractivity contribution in [2.45, 2.75) is 26.4 Å². The molecule has 0 atom stereocenters. The van der Waals surface area contributed by atoms with Gasteiger partial charge >= 0.3 is 6.09 Å². The Labute approximate surface area is 130 Å². The molecule has 2 rings (SSSR count). The molecular formula is C14H14BrClN2O2. The minimum atomic E-state index is -0.539. The number of nitrogens with zero attached hydrogens (tertiary/aromatic N) is 1. The average molecular weight is 358 g/mol. The second kappa shape index (κ2) is 5.58. The summed E-state index contributed by atoms with van der Waals surface area (Å²) in [5, 5.41) is 3.99. The molecule has 0 saturated heterocycles. The van der Waals surface area contributed by atoms with Crippen LogP contribution in [0.5, 0.6) is 0 Å². The van der Waals surface area contributed by atoms with Crippen molar-refractivity contribution in [2.75, 3.05) is 5.32 Å². The number of hydrogen-bond donors (Lipinski definition) is 1. The number of halogens is 2. The number of rotatable bonds is 1. The van der Waals surface area contributed by atoms with Crippen molar-refractivity contribution < 1.29 is 9.53 Å². The van der Waals surface area contributed by atoms with E-state index in [1.54, 1.807) is 24.4 Å². The van der Waals surface area contributed by atoms with Gasteiger partial charge in [-0.2, -0.15) is 0 Å². The Balaban J connectivity index is 2.28. The van der Waals surface area contributed by atoms with Crippen LogP contribution in [0.15, 0.2) is 28.9 Å². The summed E-state index contributed by atoms with van der Waals surface area (Å²) >= 11 is 9.54. The molecule has 0 fully saturated rings. The summed E-state index contributed by atoms with van der Waals surface area (Å²) in [4.78, 5) is 16.0. The summed E-state index contributed by atoms with van der Waals surface area (Å²) in [6, 6.07) is 5.31. The SMILES string of the molecule is CC(C)(C)OC(=O)Nc1ccc2ncc(Br)c(Cl)c2c1. The molecule has 0 bridgehead atoms. The van der Waals surface area contributed by atoms with Crippen LogP contribution in [0.3, 0.4) is 0 Å². The molecule has 0 saturated carbocycles. The molecular weight excluding hydrogens is 344 g/mol. The molecule has 6 heteroatoms. The fourth-order valence-corrected chi connectivity index (χ4v) is 2.15. The number of pyridine rings is 1. The highest BCUT2D eigenvalue weighted by Crippen LogP contribution is 2.31. The third-order valence-electron chi connectivity index (χ3n) is 2.40. The smallest absolute Gasteiger partial charge is 0.412 e. The minimum absolute atomic E-state index is 0.504. The van der Waals surface area contributed by atoms with Gasteiger partial charge in [0.15, 0.2) is 0 Å². The molecule has 1 amide bonds. The Morgan fingerprint density at radius 1 is 1.40 bits per heavy atom. The summed E-state index contributed by atoms with van der Waals surface area (Å²) in [6.07, 6.45) is 1.14. The normalized spacial score (nSPS) is 11.4. The van der Waals surface area contributed by atoms with Gasteiger partial charge in [0.05, 0.1) is 15.0 Å². The summed E-state index contributed by atoms with van der Waals surface area (Å²) in [5.41, 5.74) is 0.824. The van der Waals surface area contributed by atoms with Gasteiger partial charge in [0, 0.05) is 17.3 Å². The first-order chi connectivity index (χ1) is 9.26. The highest BCUT2D eigenvalue weighted by Gasteiger charge is 2.16. The highest BCUT2D eigenvalue weighted by molar-refractivity contribution is 9.10. The largest absolute Gasteiger partial charge is 0.444 e. The molecule has 1 N–H and O–H groups in total. The van der Waals surface area contributed by atoms with E-state index in [9.17, 15) is 4.79 Å². The standard InChI is InChI=1S/C14H14BrClN2O2/c1-14(2,3)20-13(19)18-8-4-5-11-9(6-8)12(16)10(15)7-17-11/h4-7H,1-3H3,(H,18,19). The van der Waals surface area contributed by atoms with E-state index in [4.69, 9.17) is 16.3 Å². The lowest BCUT2D eigenvalue weighted by atomic mass is 10.2. The van der Waals surface area contributed by atoms with Gasteiger partial charge < -0.3 is 4.74 Å². The average Bonchev–Trinajstić information content (AvgIpc) is 2.32. The van der Waals surface area contributed by atoms with Crippen LogP contribution in [0.1, 0.15) is 20.8 Å². The Morgan fingerprint density at radius 2 is 2.10 bits per heavy atom. The Hall–Kier alpha value is -1.33. The van der Waals surface area contributed by atoms with Crippen LogP contribution in [0.2, 0.25) is 5.02 Å². The molecule has 0 unspecified atom stereocenters. The fraction of sp³-hybridized carbons (Fsp3) is 0.286. The summed E-state index contributed by atoms with van der Waals surface area (Å²) in [6.45, 7) is 5.43. The van der Waals surface area contributed by atoms with Crippen molar-refractivity contribution in [3.05, 3.63) is 33.9 Å². The molecule has 2 aromatic rings. The Morgan fingerprint density at radius 3 is 2.75 bits per heavy atom. The van der Waals surface area contributed by atoms with Crippen LogP contribution >= 0.6 is 27.5 Å². The number of anilines is 1. The summed E-state index contributed by atoms with van der Waals surface area (Å²) in [5.74, 6) is 0. The lowest BCUT2D eigenvalue weighted by molar-refractivity contribution is 0.0636. The maximum atomic E-state index is 11.7. The highest BCUT2D eigenvalue weighted by atomic mass is 79.9. The number of aromatic nitrogens is 1. The first-order valence-electron chi connectivity index (χ1n) is 6.00. The number of benzene rings is 1. The number of carbonyl (C=O) groups is 1. The molecule has 106 valence electrons. The van der Waals surface area contributed by atoms with Gasteiger partial charge in [0.2, 0.25) is 0 Å². The maximum absolute atomic E-state index is 11.7. The van der Waals surface area contributed by atoms with E-state index in [0.29, 0.717) is 15.2 Å². The molecule has 0 radical (unpaired) electrons. The number of amides is 1. The van der Waals surface area contributed by atoms with Crippen molar-refractivity contribution in [3.8, 4) is 0 Å². The van der Waals surface area contributed by atoms with Crippen molar-refractivity contribution in [2.24, 2.45) is 0 Å². The van der Waals surface area contributed by atoms with Crippen LogP contribution < -0.4 is 5.32 Å². The number of ether oxygens (including phenoxy) is 1. The topological polar surface area (TPSA) is 51.2 Å². The van der Waals surface area contributed by atoms with Gasteiger partial charge in [0.1, 0.15) is 5.60 Å². The molecule has 0 spiro atoms. The first-order valence-corrected chi connectivity index (χ1v) is 7.17. The van der Waals surface area contributed by atoms with E-state index in [1.165, 1.54) is 0 Å². The zero-order valence-electron chi connectivity index (χ0n) is 11.3.